The molecule has 3 saturated carbocycles. The molecule has 0 saturated heterocycles. The predicted octanol–water partition coefficient (Wildman–Crippen LogP) is 3.46. The van der Waals surface area contributed by atoms with E-state index in [0.717, 1.165) is 12.5 Å². The summed E-state index contributed by atoms with van der Waals surface area (Å²) in [5, 5.41) is 0. The van der Waals surface area contributed by atoms with E-state index in [2.05, 4.69) is 13.8 Å². The van der Waals surface area contributed by atoms with Gasteiger partial charge in [-0.25, -0.2) is 0 Å². The Morgan fingerprint density at radius 2 is 1.83 bits per heavy atom. The Labute approximate surface area is 111 Å². The Bertz CT molecular complexity index is 340. The fourth-order valence-corrected chi connectivity index (χ4v) is 4.63. The number of carbonyl (C=O) groups excluding carboxylic acids is 1. The zero-order valence-corrected chi connectivity index (χ0v) is 12.2. The molecule has 0 aromatic heterocycles. The average Bonchev–Trinajstić information content (AvgIpc) is 3.01. The highest BCUT2D eigenvalue weighted by Gasteiger charge is 2.57. The zero-order chi connectivity index (χ0) is 13.0. The van der Waals surface area contributed by atoms with Crippen LogP contribution in [0.25, 0.3) is 0 Å². The molecule has 0 radical (unpaired) electrons. The highest BCUT2D eigenvalue weighted by atomic mass is 16.2. The molecule has 0 atom stereocenters. The third-order valence-electron chi connectivity index (χ3n) is 5.36. The summed E-state index contributed by atoms with van der Waals surface area (Å²) in [4.78, 5) is 14.3. The van der Waals surface area contributed by atoms with Crippen LogP contribution in [0.1, 0.15) is 58.8 Å². The van der Waals surface area contributed by atoms with E-state index in [0.29, 0.717) is 22.7 Å². The van der Waals surface area contributed by atoms with Crippen molar-refractivity contribution < 1.29 is 4.79 Å². The van der Waals surface area contributed by atoms with Crippen molar-refractivity contribution in [2.75, 3.05) is 13.6 Å². The lowest BCUT2D eigenvalue weighted by atomic mass is 9.43. The molecule has 3 rings (SSSR count). The van der Waals surface area contributed by atoms with E-state index in [1.54, 1.807) is 0 Å². The van der Waals surface area contributed by atoms with E-state index in [9.17, 15) is 4.79 Å². The first-order valence-electron chi connectivity index (χ1n) is 7.64. The van der Waals surface area contributed by atoms with Crippen molar-refractivity contribution in [3.8, 4) is 0 Å². The molecular weight excluding hydrogens is 222 g/mol. The van der Waals surface area contributed by atoms with Crippen LogP contribution in [0.15, 0.2) is 0 Å². The molecule has 0 aliphatic heterocycles. The highest BCUT2D eigenvalue weighted by Crippen LogP contribution is 2.66. The third-order valence-corrected chi connectivity index (χ3v) is 5.36. The molecule has 0 aromatic carbocycles. The van der Waals surface area contributed by atoms with Gasteiger partial charge in [-0.3, -0.25) is 4.79 Å². The topological polar surface area (TPSA) is 20.3 Å². The highest BCUT2D eigenvalue weighted by molar-refractivity contribution is 5.79. The van der Waals surface area contributed by atoms with E-state index < -0.39 is 0 Å². The van der Waals surface area contributed by atoms with Gasteiger partial charge in [0.15, 0.2) is 0 Å². The molecule has 2 heteroatoms. The van der Waals surface area contributed by atoms with Crippen LogP contribution in [0.4, 0.5) is 0 Å². The van der Waals surface area contributed by atoms with Crippen molar-refractivity contribution in [1.82, 2.24) is 4.90 Å². The van der Waals surface area contributed by atoms with Gasteiger partial charge >= 0.3 is 0 Å². The number of carbonyl (C=O) groups is 1. The van der Waals surface area contributed by atoms with Gasteiger partial charge in [0.25, 0.3) is 0 Å². The second kappa shape index (κ2) is 3.98. The summed E-state index contributed by atoms with van der Waals surface area (Å²) in [7, 11) is 2.00. The minimum Gasteiger partial charge on any atom is -0.346 e. The maximum atomic E-state index is 12.3. The van der Waals surface area contributed by atoms with E-state index in [4.69, 9.17) is 0 Å². The fourth-order valence-electron chi connectivity index (χ4n) is 4.63. The van der Waals surface area contributed by atoms with Crippen molar-refractivity contribution in [2.24, 2.45) is 22.7 Å². The van der Waals surface area contributed by atoms with Crippen LogP contribution in [0.3, 0.4) is 0 Å². The lowest BCUT2D eigenvalue weighted by molar-refractivity contribution is -0.157. The van der Waals surface area contributed by atoms with E-state index in [-0.39, 0.29) is 0 Å². The third kappa shape index (κ3) is 2.31. The first kappa shape index (κ1) is 12.5. The lowest BCUT2D eigenvalue weighted by Crippen LogP contribution is -2.55. The van der Waals surface area contributed by atoms with Crippen LogP contribution in [0.5, 0.6) is 0 Å². The second-order valence-electron chi connectivity index (χ2n) is 8.11. The van der Waals surface area contributed by atoms with Crippen molar-refractivity contribution in [1.29, 1.82) is 0 Å². The molecule has 0 unspecified atom stereocenters. The summed E-state index contributed by atoms with van der Waals surface area (Å²) in [6.07, 6.45) is 9.04. The number of amides is 1. The van der Waals surface area contributed by atoms with Crippen molar-refractivity contribution in [3.05, 3.63) is 0 Å². The molecule has 3 fully saturated rings. The van der Waals surface area contributed by atoms with Crippen LogP contribution < -0.4 is 0 Å². The van der Waals surface area contributed by atoms with Crippen LogP contribution in [0.2, 0.25) is 0 Å². The van der Waals surface area contributed by atoms with Crippen LogP contribution in [-0.2, 0) is 4.79 Å². The van der Waals surface area contributed by atoms with Gasteiger partial charge in [0.1, 0.15) is 0 Å². The van der Waals surface area contributed by atoms with E-state index in [1.165, 1.54) is 44.9 Å². The molecular formula is C16H27NO. The minimum atomic E-state index is 0.352. The minimum absolute atomic E-state index is 0.352. The molecule has 2 nitrogen and oxygen atoms in total. The smallest absolute Gasteiger partial charge is 0.225 e. The molecule has 0 bridgehead atoms. The SMILES string of the molecule is CN(CCC1CC1)C(=O)C1CC2(C1)CC(C)(C)C2. The van der Waals surface area contributed by atoms with Gasteiger partial charge < -0.3 is 4.90 Å². The normalized spacial score (nSPS) is 28.6. The maximum Gasteiger partial charge on any atom is 0.225 e. The molecule has 3 aliphatic rings. The van der Waals surface area contributed by atoms with Gasteiger partial charge in [-0.2, -0.15) is 0 Å². The van der Waals surface area contributed by atoms with E-state index in [1.807, 2.05) is 11.9 Å². The van der Waals surface area contributed by atoms with Crippen LogP contribution in [-0.4, -0.2) is 24.4 Å². The number of hydrogen-bond donors (Lipinski definition) is 0. The van der Waals surface area contributed by atoms with Gasteiger partial charge in [-0.15, -0.1) is 0 Å². The van der Waals surface area contributed by atoms with Crippen molar-refractivity contribution in [2.45, 2.75) is 58.8 Å². The van der Waals surface area contributed by atoms with Gasteiger partial charge in [0.05, 0.1) is 0 Å². The molecule has 1 spiro atoms. The second-order valence-corrected chi connectivity index (χ2v) is 8.11. The molecule has 3 aliphatic carbocycles. The molecule has 0 heterocycles. The van der Waals surface area contributed by atoms with Gasteiger partial charge in [0.2, 0.25) is 5.91 Å². The summed E-state index contributed by atoms with van der Waals surface area (Å²) >= 11 is 0. The fraction of sp³-hybridized carbons (Fsp3) is 0.938. The van der Waals surface area contributed by atoms with Crippen molar-refractivity contribution >= 4 is 5.91 Å². The average molecular weight is 249 g/mol. The summed E-state index contributed by atoms with van der Waals surface area (Å²) in [6.45, 7) is 5.70. The maximum absolute atomic E-state index is 12.3. The van der Waals surface area contributed by atoms with Gasteiger partial charge in [-0.05, 0) is 48.9 Å². The molecule has 1 amide bonds. The summed E-state index contributed by atoms with van der Waals surface area (Å²) in [5.74, 6) is 1.71. The Balaban J connectivity index is 1.42. The summed E-state index contributed by atoms with van der Waals surface area (Å²) in [5.41, 5.74) is 1.12. The first-order valence-corrected chi connectivity index (χ1v) is 7.64. The Kier molecular flexibility index (Phi) is 2.76. The van der Waals surface area contributed by atoms with E-state index >= 15 is 0 Å². The number of rotatable bonds is 4. The standard InChI is InChI=1S/C16H27NO/c1-15(2)10-16(11-15)8-13(9-16)14(18)17(3)7-6-12-4-5-12/h12-13H,4-11H2,1-3H3. The molecule has 102 valence electrons. The summed E-state index contributed by atoms with van der Waals surface area (Å²) in [6, 6.07) is 0. The number of hydrogen-bond acceptors (Lipinski definition) is 1. The lowest BCUT2D eigenvalue weighted by Gasteiger charge is -2.61. The predicted molar refractivity (Wildman–Crippen MR) is 73.2 cm³/mol. The first-order chi connectivity index (χ1) is 8.39. The van der Waals surface area contributed by atoms with Crippen molar-refractivity contribution in [3.63, 3.8) is 0 Å². The molecule has 0 N–H and O–H groups in total. The Morgan fingerprint density at radius 3 is 2.33 bits per heavy atom. The monoisotopic (exact) mass is 249 g/mol. The van der Waals surface area contributed by atoms with Gasteiger partial charge in [-0.1, -0.05) is 26.7 Å². The van der Waals surface area contributed by atoms with Crippen LogP contribution >= 0.6 is 0 Å². The zero-order valence-electron chi connectivity index (χ0n) is 12.2. The summed E-state index contributed by atoms with van der Waals surface area (Å²) < 4.78 is 0. The Morgan fingerprint density at radius 1 is 1.22 bits per heavy atom. The molecule has 0 aromatic rings. The largest absolute Gasteiger partial charge is 0.346 e. The quantitative estimate of drug-likeness (QED) is 0.747. The van der Waals surface area contributed by atoms with Crippen LogP contribution in [0, 0.1) is 22.7 Å². The number of nitrogens with zero attached hydrogens (tertiary/aromatic N) is 1. The molecule has 18 heavy (non-hydrogen) atoms. The van der Waals surface area contributed by atoms with Gasteiger partial charge in [0, 0.05) is 19.5 Å². The Hall–Kier alpha value is -0.530.